The van der Waals surface area contributed by atoms with Gasteiger partial charge in [0.15, 0.2) is 0 Å². The Hall–Kier alpha value is -0.120. The monoisotopic (exact) mass is 159 g/mol. The summed E-state index contributed by atoms with van der Waals surface area (Å²) in [6.45, 7) is 9.06. The zero-order valence-electron chi connectivity index (χ0n) is 8.04. The molecule has 0 rings (SSSR count). The highest BCUT2D eigenvalue weighted by Crippen LogP contribution is 2.06. The number of nitrogens with two attached hydrogens (primary N) is 2. The highest BCUT2D eigenvalue weighted by Gasteiger charge is 2.18. The predicted octanol–water partition coefficient (Wildman–Crippen LogP) is 0.349. The maximum atomic E-state index is 5.82. The first-order valence-electron chi connectivity index (χ1n) is 4.23. The maximum Gasteiger partial charge on any atom is 0.0702 e. The molecule has 0 aliphatic rings. The summed E-state index contributed by atoms with van der Waals surface area (Å²) in [6, 6.07) is 0.932. The van der Waals surface area contributed by atoms with Crippen molar-refractivity contribution in [1.82, 2.24) is 4.90 Å². The fourth-order valence-corrected chi connectivity index (χ4v) is 1.48. The van der Waals surface area contributed by atoms with Gasteiger partial charge in [-0.15, -0.1) is 0 Å². The first-order valence-corrected chi connectivity index (χ1v) is 4.23. The second kappa shape index (κ2) is 4.70. The minimum absolute atomic E-state index is 0.00463. The van der Waals surface area contributed by atoms with Gasteiger partial charge in [0.1, 0.15) is 0 Å². The van der Waals surface area contributed by atoms with Gasteiger partial charge in [0.05, 0.1) is 6.17 Å². The van der Waals surface area contributed by atoms with E-state index in [1.807, 2.05) is 0 Å². The lowest BCUT2D eigenvalue weighted by Crippen LogP contribution is -2.53. The molecule has 0 amide bonds. The Morgan fingerprint density at radius 1 is 1.09 bits per heavy atom. The number of rotatable bonds is 4. The third-order valence-electron chi connectivity index (χ3n) is 1.82. The molecule has 68 valence electrons. The third kappa shape index (κ3) is 3.18. The first kappa shape index (κ1) is 10.9. The van der Waals surface area contributed by atoms with E-state index < -0.39 is 0 Å². The summed E-state index contributed by atoms with van der Waals surface area (Å²) in [5, 5.41) is 0. The van der Waals surface area contributed by atoms with Gasteiger partial charge in [-0.1, -0.05) is 0 Å². The molecule has 0 aromatic heterocycles. The molecule has 11 heavy (non-hydrogen) atoms. The van der Waals surface area contributed by atoms with Gasteiger partial charge >= 0.3 is 0 Å². The summed E-state index contributed by atoms with van der Waals surface area (Å²) in [6.07, 6.45) is -0.00463. The van der Waals surface area contributed by atoms with Crippen molar-refractivity contribution in [2.75, 3.05) is 6.54 Å². The standard InChI is InChI=1S/C8H21N3/c1-6(2)11(7(3)4)8(10)5-9/h6-8H,5,9-10H2,1-4H3. The van der Waals surface area contributed by atoms with Crippen LogP contribution in [0.2, 0.25) is 0 Å². The molecule has 0 heterocycles. The van der Waals surface area contributed by atoms with E-state index >= 15 is 0 Å². The minimum Gasteiger partial charge on any atom is -0.328 e. The molecule has 0 spiro atoms. The molecule has 0 saturated carbocycles. The lowest BCUT2D eigenvalue weighted by molar-refractivity contribution is 0.120. The Bertz CT molecular complexity index is 93.5. The van der Waals surface area contributed by atoms with E-state index in [9.17, 15) is 0 Å². The van der Waals surface area contributed by atoms with E-state index in [1.165, 1.54) is 0 Å². The molecule has 0 radical (unpaired) electrons. The van der Waals surface area contributed by atoms with Crippen LogP contribution in [0, 0.1) is 0 Å². The molecular formula is C8H21N3. The van der Waals surface area contributed by atoms with Crippen molar-refractivity contribution in [2.24, 2.45) is 11.5 Å². The second-order valence-corrected chi connectivity index (χ2v) is 3.44. The molecule has 0 aliphatic carbocycles. The quantitative estimate of drug-likeness (QED) is 0.582. The van der Waals surface area contributed by atoms with Crippen molar-refractivity contribution in [3.63, 3.8) is 0 Å². The molecule has 1 atom stereocenters. The fraction of sp³-hybridized carbons (Fsp3) is 1.00. The molecule has 0 aliphatic heterocycles. The van der Waals surface area contributed by atoms with Crippen LogP contribution >= 0.6 is 0 Å². The Labute approximate surface area is 69.7 Å². The minimum atomic E-state index is -0.00463. The van der Waals surface area contributed by atoms with E-state index in [2.05, 4.69) is 32.6 Å². The van der Waals surface area contributed by atoms with E-state index in [4.69, 9.17) is 11.5 Å². The normalized spacial score (nSPS) is 15.0. The van der Waals surface area contributed by atoms with Gasteiger partial charge < -0.3 is 11.5 Å². The zero-order valence-corrected chi connectivity index (χ0v) is 8.04. The number of nitrogens with zero attached hydrogens (tertiary/aromatic N) is 1. The third-order valence-corrected chi connectivity index (χ3v) is 1.82. The lowest BCUT2D eigenvalue weighted by atomic mass is 10.2. The van der Waals surface area contributed by atoms with E-state index in [-0.39, 0.29) is 6.17 Å². The summed E-state index contributed by atoms with van der Waals surface area (Å²) in [5.74, 6) is 0. The Balaban J connectivity index is 4.09. The van der Waals surface area contributed by atoms with Gasteiger partial charge in [-0.05, 0) is 27.7 Å². The largest absolute Gasteiger partial charge is 0.328 e. The van der Waals surface area contributed by atoms with E-state index in [0.29, 0.717) is 18.6 Å². The van der Waals surface area contributed by atoms with Gasteiger partial charge in [0.25, 0.3) is 0 Å². The zero-order chi connectivity index (χ0) is 9.02. The molecule has 3 heteroatoms. The number of hydrogen-bond donors (Lipinski definition) is 2. The molecule has 1 unspecified atom stereocenters. The van der Waals surface area contributed by atoms with Gasteiger partial charge in [0.2, 0.25) is 0 Å². The highest BCUT2D eigenvalue weighted by atomic mass is 15.3. The second-order valence-electron chi connectivity index (χ2n) is 3.44. The van der Waals surface area contributed by atoms with Crippen LogP contribution in [0.4, 0.5) is 0 Å². The van der Waals surface area contributed by atoms with Crippen molar-refractivity contribution >= 4 is 0 Å². The molecule has 0 aromatic rings. The molecule has 0 fully saturated rings. The summed E-state index contributed by atoms with van der Waals surface area (Å²) in [4.78, 5) is 2.21. The summed E-state index contributed by atoms with van der Waals surface area (Å²) < 4.78 is 0. The first-order chi connectivity index (χ1) is 5.00. The van der Waals surface area contributed by atoms with Crippen LogP contribution in [0.1, 0.15) is 27.7 Å². The van der Waals surface area contributed by atoms with Crippen molar-refractivity contribution in [1.29, 1.82) is 0 Å². The Kier molecular flexibility index (Phi) is 4.65. The van der Waals surface area contributed by atoms with Crippen LogP contribution in [0.15, 0.2) is 0 Å². The smallest absolute Gasteiger partial charge is 0.0702 e. The van der Waals surface area contributed by atoms with Gasteiger partial charge in [-0.2, -0.15) is 0 Å². The van der Waals surface area contributed by atoms with Crippen molar-refractivity contribution in [2.45, 2.75) is 45.9 Å². The SMILES string of the molecule is CC(C)N(C(C)C)C(N)CN. The molecule has 4 N–H and O–H groups in total. The Morgan fingerprint density at radius 2 is 1.45 bits per heavy atom. The van der Waals surface area contributed by atoms with Crippen LogP contribution in [-0.2, 0) is 0 Å². The molecule has 3 nitrogen and oxygen atoms in total. The van der Waals surface area contributed by atoms with Crippen LogP contribution in [0.5, 0.6) is 0 Å². The van der Waals surface area contributed by atoms with Crippen LogP contribution in [-0.4, -0.2) is 29.7 Å². The van der Waals surface area contributed by atoms with Crippen molar-refractivity contribution in [3.05, 3.63) is 0 Å². The van der Waals surface area contributed by atoms with Gasteiger partial charge in [0, 0.05) is 18.6 Å². The lowest BCUT2D eigenvalue weighted by Gasteiger charge is -2.35. The van der Waals surface area contributed by atoms with E-state index in [1.54, 1.807) is 0 Å². The predicted molar refractivity (Wildman–Crippen MR) is 49.1 cm³/mol. The summed E-state index contributed by atoms with van der Waals surface area (Å²) in [7, 11) is 0. The van der Waals surface area contributed by atoms with Gasteiger partial charge in [-0.3, -0.25) is 4.90 Å². The van der Waals surface area contributed by atoms with Crippen LogP contribution in [0.3, 0.4) is 0 Å². The fourth-order valence-electron chi connectivity index (χ4n) is 1.48. The van der Waals surface area contributed by atoms with Gasteiger partial charge in [-0.25, -0.2) is 0 Å². The van der Waals surface area contributed by atoms with Crippen LogP contribution in [0.25, 0.3) is 0 Å². The average molecular weight is 159 g/mol. The molecular weight excluding hydrogens is 138 g/mol. The van der Waals surface area contributed by atoms with E-state index in [0.717, 1.165) is 0 Å². The summed E-state index contributed by atoms with van der Waals surface area (Å²) in [5.41, 5.74) is 11.3. The molecule has 0 aromatic carbocycles. The topological polar surface area (TPSA) is 55.3 Å². The molecule has 0 bridgehead atoms. The average Bonchev–Trinajstić information content (AvgIpc) is 1.85. The molecule has 0 saturated heterocycles. The number of hydrogen-bond acceptors (Lipinski definition) is 3. The van der Waals surface area contributed by atoms with Crippen molar-refractivity contribution in [3.8, 4) is 0 Å². The van der Waals surface area contributed by atoms with Crippen LogP contribution < -0.4 is 11.5 Å². The highest BCUT2D eigenvalue weighted by molar-refractivity contribution is 4.73. The maximum absolute atomic E-state index is 5.82. The Morgan fingerprint density at radius 3 is 1.55 bits per heavy atom. The van der Waals surface area contributed by atoms with Crippen molar-refractivity contribution < 1.29 is 0 Å². The summed E-state index contributed by atoms with van der Waals surface area (Å²) >= 11 is 0.